The Kier molecular flexibility index (Phi) is 3.35. The van der Waals surface area contributed by atoms with Crippen molar-refractivity contribution < 1.29 is 4.79 Å². The normalized spacial score (nSPS) is 10.8. The van der Waals surface area contributed by atoms with E-state index in [1.807, 2.05) is 19.9 Å². The molecule has 6 heteroatoms. The lowest BCUT2D eigenvalue weighted by atomic mass is 10.2. The molecule has 3 aromatic rings. The van der Waals surface area contributed by atoms with E-state index in [9.17, 15) is 4.79 Å². The molecule has 0 saturated carbocycles. The lowest BCUT2D eigenvalue weighted by Crippen LogP contribution is -2.16. The van der Waals surface area contributed by atoms with E-state index in [1.165, 1.54) is 0 Å². The van der Waals surface area contributed by atoms with E-state index in [2.05, 4.69) is 15.4 Å². The Balaban J connectivity index is 1.95. The van der Waals surface area contributed by atoms with Gasteiger partial charge in [-0.2, -0.15) is 5.10 Å². The molecule has 0 radical (unpaired) electrons. The molecular weight excluding hydrogens is 288 g/mol. The molecule has 3 rings (SSSR count). The van der Waals surface area contributed by atoms with E-state index >= 15 is 0 Å². The highest BCUT2D eigenvalue weighted by Gasteiger charge is 2.12. The van der Waals surface area contributed by atoms with Crippen LogP contribution in [0, 0.1) is 13.8 Å². The SMILES string of the molecule is Cc1c(Cl)cccc1NC(=O)c1cc(C)n2nccc2n1. The van der Waals surface area contributed by atoms with Gasteiger partial charge < -0.3 is 5.32 Å². The van der Waals surface area contributed by atoms with Crippen molar-refractivity contribution in [3.05, 3.63) is 58.5 Å². The zero-order chi connectivity index (χ0) is 15.0. The number of aryl methyl sites for hydroxylation is 1. The van der Waals surface area contributed by atoms with E-state index in [4.69, 9.17) is 11.6 Å². The van der Waals surface area contributed by atoms with Crippen LogP contribution in [0.2, 0.25) is 5.02 Å². The van der Waals surface area contributed by atoms with Crippen molar-refractivity contribution in [1.82, 2.24) is 14.6 Å². The molecule has 0 bridgehead atoms. The number of rotatable bonds is 2. The van der Waals surface area contributed by atoms with Gasteiger partial charge in [0.25, 0.3) is 5.91 Å². The number of halogens is 1. The predicted octanol–water partition coefficient (Wildman–Crippen LogP) is 3.25. The van der Waals surface area contributed by atoms with Crippen LogP contribution in [0.4, 0.5) is 5.69 Å². The molecule has 0 saturated heterocycles. The zero-order valence-corrected chi connectivity index (χ0v) is 12.3. The molecule has 106 valence electrons. The number of aromatic nitrogens is 3. The summed E-state index contributed by atoms with van der Waals surface area (Å²) in [5, 5.41) is 7.58. The Hall–Kier alpha value is -2.40. The average Bonchev–Trinajstić information content (AvgIpc) is 2.92. The number of anilines is 1. The molecular formula is C15H13ClN4O. The van der Waals surface area contributed by atoms with Gasteiger partial charge >= 0.3 is 0 Å². The Bertz CT molecular complexity index is 841. The predicted molar refractivity (Wildman–Crippen MR) is 81.9 cm³/mol. The fourth-order valence-corrected chi connectivity index (χ4v) is 2.29. The van der Waals surface area contributed by atoms with E-state index in [-0.39, 0.29) is 5.91 Å². The molecule has 1 N–H and O–H groups in total. The molecule has 2 aromatic heterocycles. The summed E-state index contributed by atoms with van der Waals surface area (Å²) >= 11 is 6.05. The van der Waals surface area contributed by atoms with Gasteiger partial charge in [0.2, 0.25) is 0 Å². The third-order valence-corrected chi connectivity index (χ3v) is 3.70. The number of nitrogens with zero attached hydrogens (tertiary/aromatic N) is 3. The quantitative estimate of drug-likeness (QED) is 0.790. The summed E-state index contributed by atoms with van der Waals surface area (Å²) in [5.41, 5.74) is 3.34. The molecule has 1 aromatic carbocycles. The minimum atomic E-state index is -0.271. The highest BCUT2D eigenvalue weighted by molar-refractivity contribution is 6.31. The highest BCUT2D eigenvalue weighted by Crippen LogP contribution is 2.23. The van der Waals surface area contributed by atoms with Crippen molar-refractivity contribution in [3.63, 3.8) is 0 Å². The Morgan fingerprint density at radius 3 is 2.90 bits per heavy atom. The number of carbonyl (C=O) groups is 1. The average molecular weight is 301 g/mol. The van der Waals surface area contributed by atoms with E-state index < -0.39 is 0 Å². The van der Waals surface area contributed by atoms with Crippen LogP contribution in [0.15, 0.2) is 36.5 Å². The molecule has 0 aliphatic heterocycles. The molecule has 0 fully saturated rings. The van der Waals surface area contributed by atoms with Gasteiger partial charge in [-0.05, 0) is 37.6 Å². The van der Waals surface area contributed by atoms with Gasteiger partial charge in [-0.25, -0.2) is 9.50 Å². The van der Waals surface area contributed by atoms with Gasteiger partial charge in [-0.15, -0.1) is 0 Å². The van der Waals surface area contributed by atoms with Crippen molar-refractivity contribution >= 4 is 28.8 Å². The first-order chi connectivity index (χ1) is 10.1. The first-order valence-corrected chi connectivity index (χ1v) is 6.82. The first kappa shape index (κ1) is 13.6. The molecule has 0 atom stereocenters. The number of carbonyl (C=O) groups excluding carboxylic acids is 1. The van der Waals surface area contributed by atoms with E-state index in [1.54, 1.807) is 35.0 Å². The standard InChI is InChI=1S/C15H13ClN4O/c1-9-8-13(18-14-6-7-17-20(9)14)15(21)19-12-5-3-4-11(16)10(12)2/h3-8H,1-2H3,(H,19,21). The lowest BCUT2D eigenvalue weighted by Gasteiger charge is -2.10. The number of amides is 1. The summed E-state index contributed by atoms with van der Waals surface area (Å²) in [6.45, 7) is 3.74. The number of hydrogen-bond donors (Lipinski definition) is 1. The second-order valence-corrected chi connectivity index (χ2v) is 5.16. The topological polar surface area (TPSA) is 59.3 Å². The van der Waals surface area contributed by atoms with Crippen LogP contribution >= 0.6 is 11.6 Å². The maximum absolute atomic E-state index is 12.3. The van der Waals surface area contributed by atoms with Crippen molar-refractivity contribution in [2.75, 3.05) is 5.32 Å². The van der Waals surface area contributed by atoms with Crippen molar-refractivity contribution in [2.45, 2.75) is 13.8 Å². The van der Waals surface area contributed by atoms with Crippen LogP contribution in [0.3, 0.4) is 0 Å². The lowest BCUT2D eigenvalue weighted by molar-refractivity contribution is 0.102. The van der Waals surface area contributed by atoms with Gasteiger partial charge in [0, 0.05) is 22.5 Å². The maximum Gasteiger partial charge on any atom is 0.274 e. The van der Waals surface area contributed by atoms with Gasteiger partial charge in [0.15, 0.2) is 5.65 Å². The van der Waals surface area contributed by atoms with Crippen LogP contribution in [-0.2, 0) is 0 Å². The van der Waals surface area contributed by atoms with Crippen molar-refractivity contribution in [2.24, 2.45) is 0 Å². The number of benzene rings is 1. The summed E-state index contributed by atoms with van der Waals surface area (Å²) in [6.07, 6.45) is 1.65. The summed E-state index contributed by atoms with van der Waals surface area (Å²) in [6, 6.07) is 8.85. The van der Waals surface area contributed by atoms with Crippen LogP contribution in [-0.4, -0.2) is 20.5 Å². The molecule has 5 nitrogen and oxygen atoms in total. The largest absolute Gasteiger partial charge is 0.320 e. The Morgan fingerprint density at radius 1 is 1.29 bits per heavy atom. The van der Waals surface area contributed by atoms with Crippen LogP contribution < -0.4 is 5.32 Å². The van der Waals surface area contributed by atoms with Crippen molar-refractivity contribution in [3.8, 4) is 0 Å². The minimum absolute atomic E-state index is 0.271. The first-order valence-electron chi connectivity index (χ1n) is 6.44. The van der Waals surface area contributed by atoms with Gasteiger partial charge in [0.05, 0.1) is 6.20 Å². The van der Waals surface area contributed by atoms with Gasteiger partial charge in [-0.3, -0.25) is 4.79 Å². The molecule has 1 amide bonds. The molecule has 0 unspecified atom stereocenters. The molecule has 0 aliphatic rings. The molecule has 0 aliphatic carbocycles. The van der Waals surface area contributed by atoms with Gasteiger partial charge in [-0.1, -0.05) is 17.7 Å². The minimum Gasteiger partial charge on any atom is -0.320 e. The summed E-state index contributed by atoms with van der Waals surface area (Å²) in [5.74, 6) is -0.271. The zero-order valence-electron chi connectivity index (χ0n) is 11.6. The monoisotopic (exact) mass is 300 g/mol. The van der Waals surface area contributed by atoms with Crippen molar-refractivity contribution in [1.29, 1.82) is 0 Å². The second-order valence-electron chi connectivity index (χ2n) is 4.75. The van der Waals surface area contributed by atoms with E-state index in [0.717, 1.165) is 11.3 Å². The maximum atomic E-state index is 12.3. The third-order valence-electron chi connectivity index (χ3n) is 3.29. The summed E-state index contributed by atoms with van der Waals surface area (Å²) < 4.78 is 1.68. The van der Waals surface area contributed by atoms with Gasteiger partial charge in [0.1, 0.15) is 5.69 Å². The highest BCUT2D eigenvalue weighted by atomic mass is 35.5. The molecule has 2 heterocycles. The number of nitrogens with one attached hydrogen (secondary N) is 1. The fraction of sp³-hybridized carbons (Fsp3) is 0.133. The second kappa shape index (κ2) is 5.18. The summed E-state index contributed by atoms with van der Waals surface area (Å²) in [4.78, 5) is 16.6. The Labute approximate surface area is 126 Å². The molecule has 21 heavy (non-hydrogen) atoms. The van der Waals surface area contributed by atoms with Crippen LogP contribution in [0.25, 0.3) is 5.65 Å². The number of fused-ring (bicyclic) bond motifs is 1. The summed E-state index contributed by atoms with van der Waals surface area (Å²) in [7, 11) is 0. The smallest absolute Gasteiger partial charge is 0.274 e. The fourth-order valence-electron chi connectivity index (χ4n) is 2.11. The van der Waals surface area contributed by atoms with E-state index in [0.29, 0.717) is 22.1 Å². The Morgan fingerprint density at radius 2 is 2.10 bits per heavy atom. The third kappa shape index (κ3) is 2.48. The number of hydrogen-bond acceptors (Lipinski definition) is 3. The molecule has 0 spiro atoms. The van der Waals surface area contributed by atoms with Crippen LogP contribution in [0.1, 0.15) is 21.7 Å². The van der Waals surface area contributed by atoms with Crippen LogP contribution in [0.5, 0.6) is 0 Å².